The van der Waals surface area contributed by atoms with Crippen molar-refractivity contribution in [3.63, 3.8) is 0 Å². The van der Waals surface area contributed by atoms with Gasteiger partial charge in [-0.3, -0.25) is 0 Å². The van der Waals surface area contributed by atoms with Gasteiger partial charge in [-0.1, -0.05) is 19.4 Å². The molecule has 1 aromatic rings. The monoisotopic (exact) mass is 390 g/mol. The van der Waals surface area contributed by atoms with Gasteiger partial charge in [0.25, 0.3) is 5.92 Å². The normalized spacial score (nSPS) is 32.8. The van der Waals surface area contributed by atoms with Crippen molar-refractivity contribution in [2.45, 2.75) is 70.4 Å². The Morgan fingerprint density at radius 3 is 2.48 bits per heavy atom. The smallest absolute Gasteiger partial charge is 0.258 e. The minimum atomic E-state index is -3.25. The molecule has 2 fully saturated rings. The number of hydrogen-bond donors (Lipinski definition) is 0. The van der Waals surface area contributed by atoms with Gasteiger partial charge in [0.2, 0.25) is 5.82 Å². The summed E-state index contributed by atoms with van der Waals surface area (Å²) in [6.07, 6.45) is 1.24. The van der Waals surface area contributed by atoms with Crippen LogP contribution in [0.25, 0.3) is 0 Å². The van der Waals surface area contributed by atoms with Crippen molar-refractivity contribution in [3.8, 4) is 5.75 Å². The Kier molecular flexibility index (Phi) is 6.02. The molecule has 2 aliphatic carbocycles. The van der Waals surface area contributed by atoms with E-state index in [-0.39, 0.29) is 42.6 Å². The SMILES string of the molecule is CCCC1CCC2CC(c3ccc(OCC)c(F)c3F)C(F)(F)C2CC1F. The second-order valence-corrected chi connectivity index (χ2v) is 7.92. The van der Waals surface area contributed by atoms with Gasteiger partial charge in [0.05, 0.1) is 12.5 Å². The third-order valence-electron chi connectivity index (χ3n) is 6.38. The lowest BCUT2D eigenvalue weighted by atomic mass is 9.87. The molecule has 0 heterocycles. The molecular formula is C21H27F5O. The first-order valence-corrected chi connectivity index (χ1v) is 9.93. The predicted octanol–water partition coefficient (Wildman–Crippen LogP) is 6.66. The standard InChI is InChI=1S/C21H27F5O/c1-3-5-12-6-7-13-10-16(21(25,26)15(13)11-17(12)22)14-8-9-18(27-4-2)20(24)19(14)23/h8-9,12-13,15-17H,3-7,10-11H2,1-2H3. The lowest BCUT2D eigenvalue weighted by molar-refractivity contribution is -0.0692. The van der Waals surface area contributed by atoms with Crippen LogP contribution in [-0.2, 0) is 0 Å². The molecule has 1 nitrogen and oxygen atoms in total. The van der Waals surface area contributed by atoms with Gasteiger partial charge in [-0.2, -0.15) is 4.39 Å². The number of alkyl halides is 3. The molecule has 0 bridgehead atoms. The summed E-state index contributed by atoms with van der Waals surface area (Å²) in [5.41, 5.74) is -0.324. The Balaban J connectivity index is 1.87. The summed E-state index contributed by atoms with van der Waals surface area (Å²) in [5.74, 6) is -9.11. The minimum absolute atomic E-state index is 0.0631. The molecule has 0 N–H and O–H groups in total. The average molecular weight is 390 g/mol. The van der Waals surface area contributed by atoms with E-state index in [0.717, 1.165) is 6.42 Å². The fourth-order valence-electron chi connectivity index (χ4n) is 5.02. The van der Waals surface area contributed by atoms with Crippen LogP contribution in [0.1, 0.15) is 63.9 Å². The average Bonchev–Trinajstić information content (AvgIpc) is 2.76. The highest BCUT2D eigenvalue weighted by Gasteiger charge is 2.59. The zero-order valence-electron chi connectivity index (χ0n) is 15.8. The number of rotatable bonds is 5. The molecule has 27 heavy (non-hydrogen) atoms. The van der Waals surface area contributed by atoms with Crippen LogP contribution in [0.15, 0.2) is 12.1 Å². The second kappa shape index (κ2) is 7.96. The van der Waals surface area contributed by atoms with Crippen molar-refractivity contribution in [1.82, 2.24) is 0 Å². The predicted molar refractivity (Wildman–Crippen MR) is 94.0 cm³/mol. The summed E-state index contributed by atoms with van der Waals surface area (Å²) in [7, 11) is 0. The van der Waals surface area contributed by atoms with Gasteiger partial charge in [-0.05, 0) is 56.9 Å². The van der Waals surface area contributed by atoms with Crippen molar-refractivity contribution in [2.75, 3.05) is 6.61 Å². The molecule has 2 aliphatic rings. The summed E-state index contributed by atoms with van der Waals surface area (Å²) >= 11 is 0. The first-order valence-electron chi connectivity index (χ1n) is 9.93. The van der Waals surface area contributed by atoms with Crippen LogP contribution in [0.2, 0.25) is 0 Å². The van der Waals surface area contributed by atoms with Crippen LogP contribution >= 0.6 is 0 Å². The summed E-state index contributed by atoms with van der Waals surface area (Å²) in [6.45, 7) is 3.74. The molecule has 0 aliphatic heterocycles. The Morgan fingerprint density at radius 2 is 1.81 bits per heavy atom. The Labute approximate surface area is 157 Å². The molecule has 0 aromatic heterocycles. The van der Waals surface area contributed by atoms with E-state index >= 15 is 8.78 Å². The van der Waals surface area contributed by atoms with Crippen LogP contribution in [-0.4, -0.2) is 18.7 Å². The third kappa shape index (κ3) is 3.68. The molecule has 0 spiro atoms. The van der Waals surface area contributed by atoms with Crippen molar-refractivity contribution in [2.24, 2.45) is 17.8 Å². The fraction of sp³-hybridized carbons (Fsp3) is 0.714. The summed E-state index contributed by atoms with van der Waals surface area (Å²) in [4.78, 5) is 0. The maximum atomic E-state index is 15.2. The van der Waals surface area contributed by atoms with Crippen LogP contribution < -0.4 is 4.74 Å². The molecule has 0 radical (unpaired) electrons. The van der Waals surface area contributed by atoms with Crippen LogP contribution in [0.3, 0.4) is 0 Å². The van der Waals surface area contributed by atoms with Gasteiger partial charge in [0.15, 0.2) is 11.6 Å². The zero-order valence-corrected chi connectivity index (χ0v) is 15.8. The van der Waals surface area contributed by atoms with Gasteiger partial charge in [-0.15, -0.1) is 0 Å². The van der Waals surface area contributed by atoms with E-state index in [1.165, 1.54) is 12.1 Å². The van der Waals surface area contributed by atoms with E-state index in [2.05, 4.69) is 0 Å². The number of fused-ring (bicyclic) bond motifs is 1. The maximum Gasteiger partial charge on any atom is 0.258 e. The van der Waals surface area contributed by atoms with E-state index < -0.39 is 35.6 Å². The fourth-order valence-corrected chi connectivity index (χ4v) is 5.02. The van der Waals surface area contributed by atoms with Gasteiger partial charge in [-0.25, -0.2) is 17.6 Å². The molecule has 6 heteroatoms. The van der Waals surface area contributed by atoms with E-state index in [1.807, 2.05) is 6.92 Å². The largest absolute Gasteiger partial charge is 0.491 e. The van der Waals surface area contributed by atoms with Crippen molar-refractivity contribution >= 4 is 0 Å². The van der Waals surface area contributed by atoms with E-state index in [9.17, 15) is 13.2 Å². The molecular weight excluding hydrogens is 363 g/mol. The number of halogens is 5. The highest BCUT2D eigenvalue weighted by Crippen LogP contribution is 2.58. The lowest BCUT2D eigenvalue weighted by Crippen LogP contribution is -2.32. The molecule has 5 unspecified atom stereocenters. The summed E-state index contributed by atoms with van der Waals surface area (Å²) in [5, 5.41) is 0. The topological polar surface area (TPSA) is 9.23 Å². The zero-order chi connectivity index (χ0) is 19.8. The minimum Gasteiger partial charge on any atom is -0.491 e. The summed E-state index contributed by atoms with van der Waals surface area (Å²) in [6, 6.07) is 2.40. The molecule has 152 valence electrons. The lowest BCUT2D eigenvalue weighted by Gasteiger charge is -2.28. The molecule has 2 saturated carbocycles. The van der Waals surface area contributed by atoms with Crippen molar-refractivity contribution in [3.05, 3.63) is 29.3 Å². The number of benzene rings is 1. The molecule has 0 saturated heterocycles. The highest BCUT2D eigenvalue weighted by atomic mass is 19.3. The van der Waals surface area contributed by atoms with Crippen LogP contribution in [0.5, 0.6) is 5.75 Å². The van der Waals surface area contributed by atoms with Crippen LogP contribution in [0.4, 0.5) is 22.0 Å². The molecule has 1 aromatic carbocycles. The van der Waals surface area contributed by atoms with E-state index in [1.54, 1.807) is 6.92 Å². The van der Waals surface area contributed by atoms with E-state index in [4.69, 9.17) is 4.74 Å². The van der Waals surface area contributed by atoms with Crippen molar-refractivity contribution in [1.29, 1.82) is 0 Å². The molecule has 0 amide bonds. The van der Waals surface area contributed by atoms with Gasteiger partial charge in [0.1, 0.15) is 6.17 Å². The van der Waals surface area contributed by atoms with Gasteiger partial charge < -0.3 is 4.74 Å². The summed E-state index contributed by atoms with van der Waals surface area (Å²) < 4.78 is 78.6. The van der Waals surface area contributed by atoms with Crippen LogP contribution in [0, 0.1) is 29.4 Å². The van der Waals surface area contributed by atoms with Gasteiger partial charge in [0, 0.05) is 11.5 Å². The number of hydrogen-bond acceptors (Lipinski definition) is 1. The number of ether oxygens (including phenoxy) is 1. The Bertz CT molecular complexity index is 662. The third-order valence-corrected chi connectivity index (χ3v) is 6.38. The highest BCUT2D eigenvalue weighted by molar-refractivity contribution is 5.35. The maximum absolute atomic E-state index is 15.2. The van der Waals surface area contributed by atoms with E-state index in [0.29, 0.717) is 19.3 Å². The first kappa shape index (κ1) is 20.4. The second-order valence-electron chi connectivity index (χ2n) is 7.92. The molecule has 5 atom stereocenters. The first-order chi connectivity index (χ1) is 12.8. The van der Waals surface area contributed by atoms with Crippen molar-refractivity contribution < 1.29 is 26.7 Å². The quantitative estimate of drug-likeness (QED) is 0.511. The Morgan fingerprint density at radius 1 is 1.07 bits per heavy atom. The molecule has 3 rings (SSSR count). The Hall–Kier alpha value is -1.33. The van der Waals surface area contributed by atoms with Gasteiger partial charge >= 0.3 is 0 Å².